The van der Waals surface area contributed by atoms with Crippen LogP contribution in [-0.4, -0.2) is 38.8 Å². The summed E-state index contributed by atoms with van der Waals surface area (Å²) in [6.45, 7) is 8.44. The number of alkyl halides is 3. The van der Waals surface area contributed by atoms with E-state index >= 15 is 0 Å². The number of rotatable bonds is 4. The van der Waals surface area contributed by atoms with E-state index < -0.39 is 17.8 Å². The quantitative estimate of drug-likeness (QED) is 0.496. The smallest absolute Gasteiger partial charge is 0.399 e. The van der Waals surface area contributed by atoms with Crippen LogP contribution in [0.3, 0.4) is 0 Å². The summed E-state index contributed by atoms with van der Waals surface area (Å²) >= 11 is 0. The molecule has 1 aromatic carbocycles. The molecule has 1 aliphatic rings. The van der Waals surface area contributed by atoms with Crippen molar-refractivity contribution < 1.29 is 18.0 Å². The van der Waals surface area contributed by atoms with Crippen molar-refractivity contribution in [1.82, 2.24) is 19.9 Å². The fraction of sp³-hybridized carbons (Fsp3) is 0.440. The molecule has 186 valence electrons. The van der Waals surface area contributed by atoms with E-state index in [9.17, 15) is 18.0 Å². The van der Waals surface area contributed by atoms with Crippen LogP contribution in [0.15, 0.2) is 24.3 Å². The molecule has 3 aromatic rings. The maximum Gasteiger partial charge on any atom is 0.416 e. The molecule has 1 saturated heterocycles. The molecule has 1 fully saturated rings. The van der Waals surface area contributed by atoms with Crippen molar-refractivity contribution in [2.24, 2.45) is 0 Å². The summed E-state index contributed by atoms with van der Waals surface area (Å²) < 4.78 is 39.9. The average Bonchev–Trinajstić information content (AvgIpc) is 2.77. The second-order valence-electron chi connectivity index (χ2n) is 9.19. The van der Waals surface area contributed by atoms with Gasteiger partial charge in [0.1, 0.15) is 11.6 Å². The molecule has 35 heavy (non-hydrogen) atoms. The zero-order chi connectivity index (χ0) is 25.5. The number of nitrogens with one attached hydrogen (secondary N) is 1. The molecule has 0 spiro atoms. The van der Waals surface area contributed by atoms with E-state index in [2.05, 4.69) is 15.3 Å². The van der Waals surface area contributed by atoms with E-state index in [0.29, 0.717) is 41.3 Å². The highest BCUT2D eigenvalue weighted by Crippen LogP contribution is 2.35. The molecule has 0 bridgehead atoms. The minimum Gasteiger partial charge on any atom is -0.399 e. The molecule has 4 rings (SSSR count). The normalized spacial score (nSPS) is 15.9. The number of likely N-dealkylation sites (tertiary alicyclic amines) is 1. The number of carbonyl (C=O) groups excluding carboxylic acids is 1. The van der Waals surface area contributed by atoms with Gasteiger partial charge in [0.05, 0.1) is 17.0 Å². The second kappa shape index (κ2) is 9.31. The molecule has 1 atom stereocenters. The number of hydrogen-bond acceptors (Lipinski definition) is 6. The van der Waals surface area contributed by atoms with E-state index in [4.69, 9.17) is 10.7 Å². The summed E-state index contributed by atoms with van der Waals surface area (Å²) in [6, 6.07) is 5.08. The van der Waals surface area contributed by atoms with Crippen LogP contribution >= 0.6 is 0 Å². The molecule has 10 heteroatoms. The third-order valence-corrected chi connectivity index (χ3v) is 6.57. The number of anilines is 2. The number of pyridine rings is 1. The predicted octanol–water partition coefficient (Wildman–Crippen LogP) is 5.14. The van der Waals surface area contributed by atoms with Gasteiger partial charge in [0.15, 0.2) is 5.65 Å². The largest absolute Gasteiger partial charge is 0.416 e. The van der Waals surface area contributed by atoms with Crippen LogP contribution in [0.2, 0.25) is 0 Å². The first-order valence-electron chi connectivity index (χ1n) is 11.6. The number of nitrogen functional groups attached to an aromatic ring is 1. The number of amides is 1. The first kappa shape index (κ1) is 24.7. The fourth-order valence-electron chi connectivity index (χ4n) is 4.68. The number of aryl methyl sites for hydroxylation is 2. The Morgan fingerprint density at radius 1 is 1.11 bits per heavy atom. The van der Waals surface area contributed by atoms with Crippen molar-refractivity contribution in [3.8, 4) is 0 Å². The van der Waals surface area contributed by atoms with Crippen molar-refractivity contribution in [2.45, 2.75) is 58.7 Å². The van der Waals surface area contributed by atoms with Gasteiger partial charge >= 0.3 is 6.18 Å². The molecule has 2 aromatic heterocycles. The Morgan fingerprint density at radius 2 is 1.80 bits per heavy atom. The number of halogens is 3. The highest BCUT2D eigenvalue weighted by molar-refractivity contribution is 5.87. The van der Waals surface area contributed by atoms with Crippen LogP contribution in [-0.2, 0) is 11.0 Å². The number of fused-ring (bicyclic) bond motifs is 1. The highest BCUT2D eigenvalue weighted by Gasteiger charge is 2.31. The number of nitrogens with zero attached hydrogens (tertiary/aromatic N) is 4. The molecular weight excluding hydrogens is 457 g/mol. The number of piperidine rings is 1. The minimum absolute atomic E-state index is 0.0451. The average molecular weight is 487 g/mol. The molecule has 3 heterocycles. The van der Waals surface area contributed by atoms with Crippen molar-refractivity contribution in [3.63, 3.8) is 0 Å². The Bertz CT molecular complexity index is 1270. The van der Waals surface area contributed by atoms with Crippen LogP contribution in [0.1, 0.15) is 66.9 Å². The monoisotopic (exact) mass is 486 g/mol. The lowest BCUT2D eigenvalue weighted by molar-refractivity contribution is -0.137. The Balaban J connectivity index is 1.68. The lowest BCUT2D eigenvalue weighted by Crippen LogP contribution is -2.36. The topological polar surface area (TPSA) is 97.0 Å². The zero-order valence-corrected chi connectivity index (χ0v) is 20.2. The van der Waals surface area contributed by atoms with E-state index in [1.807, 2.05) is 17.9 Å². The van der Waals surface area contributed by atoms with Gasteiger partial charge in [0.25, 0.3) is 0 Å². The van der Waals surface area contributed by atoms with Crippen LogP contribution in [0.5, 0.6) is 0 Å². The molecule has 0 aliphatic carbocycles. The van der Waals surface area contributed by atoms with Gasteiger partial charge in [-0.05, 0) is 74.9 Å². The molecule has 3 N–H and O–H groups in total. The van der Waals surface area contributed by atoms with E-state index in [0.717, 1.165) is 36.2 Å². The summed E-state index contributed by atoms with van der Waals surface area (Å²) in [5.41, 5.74) is 7.90. The van der Waals surface area contributed by atoms with Gasteiger partial charge in [-0.1, -0.05) is 0 Å². The van der Waals surface area contributed by atoms with Crippen LogP contribution in [0.4, 0.5) is 24.7 Å². The summed E-state index contributed by atoms with van der Waals surface area (Å²) in [5, 5.41) is 3.96. The van der Waals surface area contributed by atoms with Gasteiger partial charge in [-0.15, -0.1) is 0 Å². The van der Waals surface area contributed by atoms with Gasteiger partial charge in [-0.2, -0.15) is 13.2 Å². The van der Waals surface area contributed by atoms with Crippen molar-refractivity contribution in [2.75, 3.05) is 24.1 Å². The van der Waals surface area contributed by atoms with Gasteiger partial charge < -0.3 is 16.0 Å². The fourth-order valence-corrected chi connectivity index (χ4v) is 4.68. The molecule has 1 aliphatic heterocycles. The lowest BCUT2D eigenvalue weighted by atomic mass is 9.88. The summed E-state index contributed by atoms with van der Waals surface area (Å²) in [7, 11) is 0. The van der Waals surface area contributed by atoms with Crippen molar-refractivity contribution in [3.05, 3.63) is 52.5 Å². The number of nitrogens with two attached hydrogens (primary N) is 1. The molecule has 0 radical (unpaired) electrons. The Morgan fingerprint density at radius 3 is 2.43 bits per heavy atom. The predicted molar refractivity (Wildman–Crippen MR) is 129 cm³/mol. The van der Waals surface area contributed by atoms with E-state index in [1.54, 1.807) is 20.8 Å². The Labute approximate surface area is 202 Å². The van der Waals surface area contributed by atoms with Gasteiger partial charge in [0, 0.05) is 31.4 Å². The zero-order valence-electron chi connectivity index (χ0n) is 20.2. The first-order valence-corrected chi connectivity index (χ1v) is 11.6. The van der Waals surface area contributed by atoms with E-state index in [1.165, 1.54) is 6.07 Å². The molecule has 0 unspecified atom stereocenters. The standard InChI is InChI=1S/C25H29F3N6O/c1-13(18-9-19(25(26,27)28)11-20(29)10-18)30-23-22-12-21(14(2)31-24(22)33-15(3)32-23)17-5-7-34(8-6-17)16(4)35/h9-13,17H,5-8,29H2,1-4H3,(H,30,31,32,33)/t13-/m1/s1. The van der Waals surface area contributed by atoms with Gasteiger partial charge in [-0.3, -0.25) is 4.79 Å². The van der Waals surface area contributed by atoms with Crippen molar-refractivity contribution in [1.29, 1.82) is 0 Å². The SMILES string of the molecule is CC(=O)N1CCC(c2cc3c(N[C@H](C)c4cc(N)cc(C(F)(F)F)c4)nc(C)nc3nc2C)CC1. The maximum absolute atomic E-state index is 13.3. The Hall–Kier alpha value is -3.43. The van der Waals surface area contributed by atoms with Crippen LogP contribution in [0, 0.1) is 13.8 Å². The molecular formula is C25H29F3N6O. The third kappa shape index (κ3) is 5.31. The number of carbonyl (C=O) groups is 1. The third-order valence-electron chi connectivity index (χ3n) is 6.57. The van der Waals surface area contributed by atoms with Crippen LogP contribution in [0.25, 0.3) is 11.0 Å². The highest BCUT2D eigenvalue weighted by atomic mass is 19.4. The summed E-state index contributed by atoms with van der Waals surface area (Å²) in [4.78, 5) is 27.3. The van der Waals surface area contributed by atoms with E-state index in [-0.39, 0.29) is 17.5 Å². The van der Waals surface area contributed by atoms with Crippen molar-refractivity contribution >= 4 is 28.4 Å². The molecule has 0 saturated carbocycles. The molecule has 1 amide bonds. The number of benzene rings is 1. The maximum atomic E-state index is 13.3. The summed E-state index contributed by atoms with van der Waals surface area (Å²) in [5.74, 6) is 1.34. The summed E-state index contributed by atoms with van der Waals surface area (Å²) in [6.07, 6.45) is -2.82. The lowest BCUT2D eigenvalue weighted by Gasteiger charge is -2.32. The second-order valence-corrected chi connectivity index (χ2v) is 9.19. The Kier molecular flexibility index (Phi) is 6.57. The minimum atomic E-state index is -4.49. The van der Waals surface area contributed by atoms with Gasteiger partial charge in [0.2, 0.25) is 5.91 Å². The van der Waals surface area contributed by atoms with Crippen LogP contribution < -0.4 is 11.1 Å². The van der Waals surface area contributed by atoms with Gasteiger partial charge in [-0.25, -0.2) is 15.0 Å². The first-order chi connectivity index (χ1) is 16.4. The molecule has 7 nitrogen and oxygen atoms in total. The number of hydrogen-bond donors (Lipinski definition) is 2. The number of aromatic nitrogens is 3.